The number of hydrogen-bond acceptors (Lipinski definition) is 4. The Kier molecular flexibility index (Phi) is 22.0. The van der Waals surface area contributed by atoms with Gasteiger partial charge in [0.2, 0.25) is 0 Å². The van der Waals surface area contributed by atoms with Crippen LogP contribution in [0.15, 0.2) is 236 Å². The number of para-hydroxylation sites is 4. The molecule has 1 N–H and O–H groups in total. The maximum Gasteiger partial charge on any atom is 2.00 e. The predicted octanol–water partition coefficient (Wildman–Crippen LogP) is 14.6. The van der Waals surface area contributed by atoms with Gasteiger partial charge in [-0.05, 0) is 87.9 Å². The van der Waals surface area contributed by atoms with Crippen LogP contribution >= 0.6 is 0 Å². The van der Waals surface area contributed by atoms with E-state index in [1.807, 2.05) is 71.6 Å². The molecule has 8 aromatic carbocycles. The molecule has 6 nitrogen and oxygen atoms in total. The molecule has 8 heteroatoms. The maximum absolute atomic E-state index is 5.23. The Morgan fingerprint density at radius 3 is 1.26 bits per heavy atom. The fourth-order valence-electron chi connectivity index (χ4n) is 9.13. The van der Waals surface area contributed by atoms with Crippen LogP contribution in [-0.4, -0.2) is 48.8 Å². The molecule has 10 aromatic rings. The van der Waals surface area contributed by atoms with Crippen molar-refractivity contribution >= 4 is 40.6 Å². The van der Waals surface area contributed by atoms with Crippen LogP contribution in [0.25, 0.3) is 33.9 Å². The van der Waals surface area contributed by atoms with E-state index in [1.165, 1.54) is 33.5 Å². The molecule has 10 rings (SSSR count). The molecule has 0 bridgehead atoms. The molecule has 0 amide bonds. The molecular weight excluding hydrogens is 1000 g/mol. The van der Waals surface area contributed by atoms with Gasteiger partial charge in [-0.2, -0.15) is 46.6 Å². The summed E-state index contributed by atoms with van der Waals surface area (Å²) in [4.78, 5) is 4.96. The molecule has 0 fully saturated rings. The van der Waals surface area contributed by atoms with Crippen molar-refractivity contribution in [2.75, 3.05) is 5.32 Å². The van der Waals surface area contributed by atoms with Gasteiger partial charge in [-0.3, -0.25) is 4.99 Å². The molecule has 0 saturated heterocycles. The van der Waals surface area contributed by atoms with E-state index < -0.39 is 0 Å². The molecule has 76 heavy (non-hydrogen) atoms. The van der Waals surface area contributed by atoms with E-state index in [2.05, 4.69) is 241 Å². The number of rotatable bonds is 14. The standard InChI is InChI=1S/C34H35N3.C28H29N3.C6H5.BrH.Mg/c1-24(2)29-21-14-22-30(25(3)4)34(29)35-33(27-17-10-6-11-18-27)31-23-32(26-15-8-5-9-16-26)37(36-31)28-19-12-7-13-20-28;1-20(2)25-16-11-17-26(21(3)4)28(25)29-19-23-18-27(22-12-7-5-8-13-22)31(30-23)24-14-9-6-10-15-24;1-2-4-6-5-3-1;;/h5-25,33,35H,1-4H3;5-21H,1-4H3;1-5H;1H;/q;;-1;;+2/p-1. The number of nitrogens with one attached hydrogen (secondary N) is 1. The average Bonchev–Trinajstić information content (AvgIpc) is 4.09. The number of aliphatic imine (C=N–C) groups is 1. The first-order chi connectivity index (χ1) is 36.1. The number of benzene rings is 8. The summed E-state index contributed by atoms with van der Waals surface area (Å²) in [6, 6.07) is 82.1. The zero-order valence-electron chi connectivity index (χ0n) is 45.2. The van der Waals surface area contributed by atoms with Crippen molar-refractivity contribution in [3.63, 3.8) is 0 Å². The van der Waals surface area contributed by atoms with Gasteiger partial charge in [-0.15, -0.1) is 0 Å². The molecule has 0 radical (unpaired) electrons. The van der Waals surface area contributed by atoms with Gasteiger partial charge < -0.3 is 22.3 Å². The minimum Gasteiger partial charge on any atom is -1.00 e. The van der Waals surface area contributed by atoms with Crippen molar-refractivity contribution in [2.45, 2.75) is 85.1 Å². The Hall–Kier alpha value is -7.10. The molecule has 0 saturated carbocycles. The largest absolute Gasteiger partial charge is 2.00 e. The van der Waals surface area contributed by atoms with Crippen LogP contribution in [0.2, 0.25) is 0 Å². The fraction of sp³-hybridized carbons (Fsp3) is 0.191. The monoisotopic (exact) mass is 1070 g/mol. The second-order valence-electron chi connectivity index (χ2n) is 19.7. The molecule has 0 aliphatic rings. The Bertz CT molecular complexity index is 3110. The van der Waals surface area contributed by atoms with Crippen LogP contribution < -0.4 is 22.3 Å². The molecule has 380 valence electrons. The third-order valence-corrected chi connectivity index (χ3v) is 13.0. The van der Waals surface area contributed by atoms with Gasteiger partial charge in [0.1, 0.15) is 5.69 Å². The van der Waals surface area contributed by atoms with Gasteiger partial charge in [-0.25, -0.2) is 9.36 Å². The third kappa shape index (κ3) is 14.8. The Morgan fingerprint density at radius 1 is 0.447 bits per heavy atom. The first-order valence-electron chi connectivity index (χ1n) is 26.0. The van der Waals surface area contributed by atoms with Gasteiger partial charge in [0.25, 0.3) is 0 Å². The van der Waals surface area contributed by atoms with Crippen molar-refractivity contribution < 1.29 is 17.0 Å². The SMILES string of the molecule is CC(C)c1cccc(C(C)C)c1N=Cc1cc(-c2ccccc2)n(-c2ccccc2)n1.CC(C)c1cccc(C(C)C)c1NC(c1ccccc1)c1cc(-c2ccccc2)n(-c2ccccc2)n1.[Br-].[Mg+2].[c-]1ccccc1. The normalized spacial score (nSPS) is 11.3. The molecule has 0 aliphatic carbocycles. The summed E-state index contributed by atoms with van der Waals surface area (Å²) in [5.74, 6) is 1.62. The number of nitrogens with zero attached hydrogens (tertiary/aromatic N) is 5. The van der Waals surface area contributed by atoms with Gasteiger partial charge in [0.05, 0.1) is 46.4 Å². The third-order valence-electron chi connectivity index (χ3n) is 13.0. The Morgan fingerprint density at radius 2 is 0.842 bits per heavy atom. The van der Waals surface area contributed by atoms with E-state index in [0.29, 0.717) is 23.7 Å². The fourth-order valence-corrected chi connectivity index (χ4v) is 9.13. The molecular formula is C68H69BrMgN6. The number of halogens is 1. The maximum atomic E-state index is 5.23. The average molecular weight is 1070 g/mol. The summed E-state index contributed by atoms with van der Waals surface area (Å²) < 4.78 is 4.06. The molecule has 1 unspecified atom stereocenters. The summed E-state index contributed by atoms with van der Waals surface area (Å²) in [6.45, 7) is 17.9. The van der Waals surface area contributed by atoms with E-state index in [9.17, 15) is 0 Å². The topological polar surface area (TPSA) is 60.0 Å². The second-order valence-corrected chi connectivity index (χ2v) is 19.7. The first kappa shape index (κ1) is 58.2. The minimum absolute atomic E-state index is 0. The van der Waals surface area contributed by atoms with Gasteiger partial charge >= 0.3 is 23.1 Å². The van der Waals surface area contributed by atoms with Crippen molar-refractivity contribution in [1.82, 2.24) is 19.6 Å². The smallest absolute Gasteiger partial charge is 1.00 e. The van der Waals surface area contributed by atoms with Crippen LogP contribution in [0.1, 0.15) is 124 Å². The zero-order valence-corrected chi connectivity index (χ0v) is 48.2. The van der Waals surface area contributed by atoms with E-state index >= 15 is 0 Å². The van der Waals surface area contributed by atoms with E-state index in [4.69, 9.17) is 15.2 Å². The van der Waals surface area contributed by atoms with Crippen molar-refractivity contribution in [3.05, 3.63) is 276 Å². The molecule has 0 aliphatic heterocycles. The van der Waals surface area contributed by atoms with Crippen LogP contribution in [0.4, 0.5) is 11.4 Å². The van der Waals surface area contributed by atoms with Crippen LogP contribution in [0.5, 0.6) is 0 Å². The predicted molar refractivity (Wildman–Crippen MR) is 317 cm³/mol. The molecule has 2 aromatic heterocycles. The van der Waals surface area contributed by atoms with E-state index in [1.54, 1.807) is 0 Å². The van der Waals surface area contributed by atoms with Crippen molar-refractivity contribution in [2.24, 2.45) is 4.99 Å². The molecule has 2 heterocycles. The van der Waals surface area contributed by atoms with Crippen molar-refractivity contribution in [1.29, 1.82) is 0 Å². The van der Waals surface area contributed by atoms with E-state index in [0.717, 1.165) is 51.0 Å². The molecule has 1 atom stereocenters. The van der Waals surface area contributed by atoms with Crippen LogP contribution in [0, 0.1) is 6.07 Å². The van der Waals surface area contributed by atoms with Crippen molar-refractivity contribution in [3.8, 4) is 33.9 Å². The number of hydrogen-bond donors (Lipinski definition) is 1. The summed E-state index contributed by atoms with van der Waals surface area (Å²) >= 11 is 0. The van der Waals surface area contributed by atoms with E-state index in [-0.39, 0.29) is 46.1 Å². The number of aromatic nitrogens is 4. The summed E-state index contributed by atoms with van der Waals surface area (Å²) in [7, 11) is 0. The number of anilines is 1. The van der Waals surface area contributed by atoms with Gasteiger partial charge in [-0.1, -0.05) is 219 Å². The first-order valence-corrected chi connectivity index (χ1v) is 26.0. The summed E-state index contributed by atoms with van der Waals surface area (Å²) in [5.41, 5.74) is 17.0. The zero-order chi connectivity index (χ0) is 51.8. The van der Waals surface area contributed by atoms with Crippen LogP contribution in [0.3, 0.4) is 0 Å². The molecule has 0 spiro atoms. The Labute approximate surface area is 479 Å². The van der Waals surface area contributed by atoms with Gasteiger partial charge in [0.15, 0.2) is 0 Å². The second kappa shape index (κ2) is 28.7. The Balaban J connectivity index is 0.000000219. The van der Waals surface area contributed by atoms with Gasteiger partial charge in [0, 0.05) is 16.8 Å². The summed E-state index contributed by atoms with van der Waals surface area (Å²) in [5, 5.41) is 14.1. The quantitative estimate of drug-likeness (QED) is 0.0671. The minimum atomic E-state index is -0.106. The summed E-state index contributed by atoms with van der Waals surface area (Å²) in [6.07, 6.45) is 1.90. The van der Waals surface area contributed by atoms with Crippen LogP contribution in [-0.2, 0) is 0 Å².